The average Bonchev–Trinajstić information content (AvgIpc) is 2.56. The third-order valence-corrected chi connectivity index (χ3v) is 3.28. The van der Waals surface area contributed by atoms with E-state index in [1.807, 2.05) is 36.4 Å². The van der Waals surface area contributed by atoms with E-state index in [0.717, 1.165) is 24.1 Å². The highest BCUT2D eigenvalue weighted by Crippen LogP contribution is 2.13. The van der Waals surface area contributed by atoms with Crippen molar-refractivity contribution in [1.82, 2.24) is 10.3 Å². The zero-order valence-electron chi connectivity index (χ0n) is 12.2. The molecule has 0 saturated heterocycles. The first-order chi connectivity index (χ1) is 10.8. The van der Waals surface area contributed by atoms with Crippen LogP contribution in [-0.4, -0.2) is 16.1 Å². The quantitative estimate of drug-likeness (QED) is 0.629. The number of aliphatic imine (C=N–C) groups is 1. The van der Waals surface area contributed by atoms with E-state index < -0.39 is 0 Å². The maximum absolute atomic E-state index is 11.8. The molecule has 112 valence electrons. The van der Waals surface area contributed by atoms with E-state index in [-0.39, 0.29) is 5.91 Å². The molecule has 0 aliphatic heterocycles. The fraction of sp³-hybridized carbons (Fsp3) is 0.235. The summed E-state index contributed by atoms with van der Waals surface area (Å²) >= 11 is 4.56. The molecule has 1 aromatic heterocycles. The Labute approximate surface area is 135 Å². The van der Waals surface area contributed by atoms with Crippen molar-refractivity contribution in [3.63, 3.8) is 0 Å². The van der Waals surface area contributed by atoms with E-state index in [2.05, 4.69) is 32.7 Å². The van der Waals surface area contributed by atoms with E-state index >= 15 is 0 Å². The molecule has 0 radical (unpaired) electrons. The normalized spacial score (nSPS) is 9.82. The summed E-state index contributed by atoms with van der Waals surface area (Å²) in [5.41, 5.74) is 2.99. The Kier molecular flexibility index (Phi) is 6.42. The van der Waals surface area contributed by atoms with Gasteiger partial charge in [-0.1, -0.05) is 18.2 Å². The lowest BCUT2D eigenvalue weighted by Crippen LogP contribution is -2.22. The van der Waals surface area contributed by atoms with E-state index in [1.54, 1.807) is 12.4 Å². The van der Waals surface area contributed by atoms with Crippen molar-refractivity contribution in [1.29, 1.82) is 0 Å². The molecule has 22 heavy (non-hydrogen) atoms. The second kappa shape index (κ2) is 8.82. The average molecular weight is 311 g/mol. The lowest BCUT2D eigenvalue weighted by molar-refractivity contribution is -0.121. The third kappa shape index (κ3) is 5.56. The molecule has 4 nitrogen and oxygen atoms in total. The van der Waals surface area contributed by atoms with E-state index in [4.69, 9.17) is 0 Å². The van der Waals surface area contributed by atoms with Gasteiger partial charge in [-0.15, -0.1) is 0 Å². The molecule has 2 aromatic rings. The fourth-order valence-corrected chi connectivity index (χ4v) is 2.14. The molecule has 0 aliphatic rings. The van der Waals surface area contributed by atoms with Gasteiger partial charge in [0, 0.05) is 25.4 Å². The Morgan fingerprint density at radius 2 is 2.05 bits per heavy atom. The molecule has 1 amide bonds. The van der Waals surface area contributed by atoms with E-state index in [1.165, 1.54) is 5.56 Å². The van der Waals surface area contributed by atoms with Crippen molar-refractivity contribution < 1.29 is 4.79 Å². The van der Waals surface area contributed by atoms with Crippen molar-refractivity contribution in [2.45, 2.75) is 25.8 Å². The largest absolute Gasteiger partial charge is 0.352 e. The van der Waals surface area contributed by atoms with Gasteiger partial charge >= 0.3 is 0 Å². The van der Waals surface area contributed by atoms with Crippen LogP contribution in [0.3, 0.4) is 0 Å². The summed E-state index contributed by atoms with van der Waals surface area (Å²) in [5, 5.41) is 5.24. The maximum atomic E-state index is 11.8. The first-order valence-corrected chi connectivity index (χ1v) is 7.51. The number of aromatic nitrogens is 1. The highest BCUT2D eigenvalue weighted by atomic mass is 32.1. The van der Waals surface area contributed by atoms with Crippen molar-refractivity contribution in [3.8, 4) is 0 Å². The van der Waals surface area contributed by atoms with Gasteiger partial charge in [0.15, 0.2) is 0 Å². The van der Waals surface area contributed by atoms with Gasteiger partial charge in [-0.2, -0.15) is 4.99 Å². The lowest BCUT2D eigenvalue weighted by atomic mass is 10.1. The minimum atomic E-state index is 0.0609. The fourth-order valence-electron chi connectivity index (χ4n) is 2.03. The number of nitrogens with zero attached hydrogens (tertiary/aromatic N) is 2. The molecule has 1 aromatic carbocycles. The molecular weight excluding hydrogens is 294 g/mol. The zero-order valence-corrected chi connectivity index (χ0v) is 13.0. The Morgan fingerprint density at radius 1 is 1.23 bits per heavy atom. The Bertz CT molecular complexity index is 649. The van der Waals surface area contributed by atoms with E-state index in [0.29, 0.717) is 13.0 Å². The number of thiocarbonyl (C=S) groups is 1. The van der Waals surface area contributed by atoms with Crippen molar-refractivity contribution in [2.24, 2.45) is 4.99 Å². The SMILES string of the molecule is O=C(CCCc1ccc(N=C=S)cc1)NCc1cccnc1. The van der Waals surface area contributed by atoms with Gasteiger partial charge in [-0.05, 0) is 54.4 Å². The van der Waals surface area contributed by atoms with E-state index in [9.17, 15) is 4.79 Å². The lowest BCUT2D eigenvalue weighted by Gasteiger charge is -2.05. The molecule has 2 rings (SSSR count). The minimum absolute atomic E-state index is 0.0609. The number of hydrogen-bond donors (Lipinski definition) is 1. The molecule has 5 heteroatoms. The number of hydrogen-bond acceptors (Lipinski definition) is 4. The molecule has 0 aliphatic carbocycles. The summed E-state index contributed by atoms with van der Waals surface area (Å²) in [6.07, 6.45) is 5.66. The summed E-state index contributed by atoms with van der Waals surface area (Å²) in [6.45, 7) is 0.525. The minimum Gasteiger partial charge on any atom is -0.352 e. The van der Waals surface area contributed by atoms with Gasteiger partial charge < -0.3 is 5.32 Å². The number of nitrogens with one attached hydrogen (secondary N) is 1. The molecule has 1 heterocycles. The number of isothiocyanates is 1. The van der Waals surface area contributed by atoms with Crippen LogP contribution in [0.1, 0.15) is 24.0 Å². The van der Waals surface area contributed by atoms with Gasteiger partial charge in [0.1, 0.15) is 0 Å². The molecular formula is C17H17N3OS. The Hall–Kier alpha value is -2.36. The predicted octanol–water partition coefficient (Wildman–Crippen LogP) is 3.46. The van der Waals surface area contributed by atoms with Gasteiger partial charge in [-0.25, -0.2) is 0 Å². The molecule has 0 bridgehead atoms. The van der Waals surface area contributed by atoms with Crippen LogP contribution in [0.15, 0.2) is 53.8 Å². The van der Waals surface area contributed by atoms with Gasteiger partial charge in [0.2, 0.25) is 5.91 Å². The van der Waals surface area contributed by atoms with Crippen molar-refractivity contribution >= 4 is 29.0 Å². The summed E-state index contributed by atoms with van der Waals surface area (Å²) in [6, 6.07) is 11.6. The monoisotopic (exact) mass is 311 g/mol. The third-order valence-electron chi connectivity index (χ3n) is 3.19. The van der Waals surface area contributed by atoms with Crippen LogP contribution in [0.4, 0.5) is 5.69 Å². The van der Waals surface area contributed by atoms with Crippen LogP contribution >= 0.6 is 12.2 Å². The Morgan fingerprint density at radius 3 is 2.73 bits per heavy atom. The molecule has 0 unspecified atom stereocenters. The van der Waals surface area contributed by atoms with Gasteiger partial charge in [0.25, 0.3) is 0 Å². The van der Waals surface area contributed by atoms with Crippen LogP contribution in [0, 0.1) is 0 Å². The summed E-state index contributed by atoms with van der Waals surface area (Å²) in [7, 11) is 0. The topological polar surface area (TPSA) is 54.4 Å². The number of pyridine rings is 1. The number of rotatable bonds is 7. The zero-order chi connectivity index (χ0) is 15.6. The molecule has 0 atom stereocenters. The van der Waals surface area contributed by atoms with Crippen LogP contribution < -0.4 is 5.32 Å². The summed E-state index contributed by atoms with van der Waals surface area (Å²) in [5.74, 6) is 0.0609. The molecule has 1 N–H and O–H groups in total. The second-order valence-corrected chi connectivity index (χ2v) is 5.04. The number of carbonyl (C=O) groups excluding carboxylic acids is 1. The van der Waals surface area contributed by atoms with Crippen LogP contribution in [0.25, 0.3) is 0 Å². The number of aryl methyl sites for hydroxylation is 1. The predicted molar refractivity (Wildman–Crippen MR) is 90.1 cm³/mol. The van der Waals surface area contributed by atoms with Gasteiger partial charge in [-0.3, -0.25) is 9.78 Å². The molecule has 0 saturated carbocycles. The van der Waals surface area contributed by atoms with Gasteiger partial charge in [0.05, 0.1) is 10.8 Å². The van der Waals surface area contributed by atoms with Crippen LogP contribution in [0.2, 0.25) is 0 Å². The first kappa shape index (κ1) is 16.0. The van der Waals surface area contributed by atoms with Crippen LogP contribution in [-0.2, 0) is 17.8 Å². The standard InChI is InChI=1S/C17H17N3OS/c21-17(19-12-15-4-2-10-18-11-15)5-1-3-14-6-8-16(9-7-14)20-13-22/h2,4,6-11H,1,3,5,12H2,(H,19,21). The van der Waals surface area contributed by atoms with Crippen LogP contribution in [0.5, 0.6) is 0 Å². The smallest absolute Gasteiger partial charge is 0.220 e. The molecule has 0 spiro atoms. The molecule has 0 fully saturated rings. The number of benzene rings is 1. The number of carbonyl (C=O) groups is 1. The summed E-state index contributed by atoms with van der Waals surface area (Å²) < 4.78 is 0. The summed E-state index contributed by atoms with van der Waals surface area (Å²) in [4.78, 5) is 19.7. The highest BCUT2D eigenvalue weighted by molar-refractivity contribution is 7.78. The Balaban J connectivity index is 1.69. The van der Waals surface area contributed by atoms with Crippen molar-refractivity contribution in [2.75, 3.05) is 0 Å². The first-order valence-electron chi connectivity index (χ1n) is 7.10. The number of amides is 1. The second-order valence-electron chi connectivity index (χ2n) is 4.86. The van der Waals surface area contributed by atoms with Crippen molar-refractivity contribution in [3.05, 3.63) is 59.9 Å². The maximum Gasteiger partial charge on any atom is 0.220 e. The highest BCUT2D eigenvalue weighted by Gasteiger charge is 2.02.